The molecule has 0 N–H and O–H groups in total. The molecule has 2 rings (SSSR count). The first kappa shape index (κ1) is 7.60. The summed E-state index contributed by atoms with van der Waals surface area (Å²) in [7, 11) is 0. The first-order valence-corrected chi connectivity index (χ1v) is 5.14. The molecule has 64 valence electrons. The topological polar surface area (TPSA) is 3.24 Å². The summed E-state index contributed by atoms with van der Waals surface area (Å²) in [5.41, 5.74) is 0. The van der Waals surface area contributed by atoms with E-state index < -0.39 is 0 Å². The second-order valence-corrected chi connectivity index (χ2v) is 4.14. The minimum atomic E-state index is 0.992. The van der Waals surface area contributed by atoms with Gasteiger partial charge in [0.1, 0.15) is 0 Å². The fraction of sp³-hybridized carbons (Fsp3) is 1.00. The molecule has 0 aromatic carbocycles. The Hall–Kier alpha value is -0.0400. The van der Waals surface area contributed by atoms with Gasteiger partial charge in [-0.2, -0.15) is 0 Å². The fourth-order valence-corrected chi connectivity index (χ4v) is 2.46. The van der Waals surface area contributed by atoms with E-state index in [4.69, 9.17) is 0 Å². The number of nitrogens with zero attached hydrogens (tertiary/aromatic N) is 1. The highest BCUT2D eigenvalue weighted by atomic mass is 15.2. The minimum Gasteiger partial charge on any atom is -0.300 e. The third kappa shape index (κ3) is 1.44. The predicted octanol–water partition coefficient (Wildman–Crippen LogP) is 2.27. The zero-order valence-electron chi connectivity index (χ0n) is 7.55. The zero-order valence-corrected chi connectivity index (χ0v) is 7.55. The zero-order chi connectivity index (χ0) is 7.68. The van der Waals surface area contributed by atoms with E-state index in [-0.39, 0.29) is 0 Å². The van der Waals surface area contributed by atoms with Crippen LogP contribution in [0.15, 0.2) is 0 Å². The van der Waals surface area contributed by atoms with Crippen molar-refractivity contribution >= 4 is 0 Å². The van der Waals surface area contributed by atoms with E-state index in [2.05, 4.69) is 11.8 Å². The van der Waals surface area contributed by atoms with Gasteiger partial charge in [-0.1, -0.05) is 19.8 Å². The molecule has 2 aliphatic heterocycles. The summed E-state index contributed by atoms with van der Waals surface area (Å²) in [5, 5.41) is 0. The van der Waals surface area contributed by atoms with Gasteiger partial charge in [-0.15, -0.1) is 0 Å². The van der Waals surface area contributed by atoms with Crippen molar-refractivity contribution in [3.05, 3.63) is 0 Å². The highest BCUT2D eigenvalue weighted by Crippen LogP contribution is 2.30. The van der Waals surface area contributed by atoms with Crippen LogP contribution in [0.1, 0.15) is 39.0 Å². The number of hydrogen-bond acceptors (Lipinski definition) is 1. The van der Waals surface area contributed by atoms with Crippen molar-refractivity contribution in [1.82, 2.24) is 4.90 Å². The van der Waals surface area contributed by atoms with Gasteiger partial charge >= 0.3 is 0 Å². The van der Waals surface area contributed by atoms with Gasteiger partial charge in [0.05, 0.1) is 0 Å². The van der Waals surface area contributed by atoms with Gasteiger partial charge in [0, 0.05) is 12.6 Å². The lowest BCUT2D eigenvalue weighted by atomic mass is 10.00. The molecule has 2 fully saturated rings. The lowest BCUT2D eigenvalue weighted by molar-refractivity contribution is 0.0809. The Morgan fingerprint density at radius 3 is 2.82 bits per heavy atom. The number of fused-ring (bicyclic) bond motifs is 1. The molecule has 2 aliphatic rings. The first-order chi connectivity index (χ1) is 5.40. The van der Waals surface area contributed by atoms with Crippen molar-refractivity contribution in [3.63, 3.8) is 0 Å². The molecule has 0 aromatic heterocycles. The Bertz CT molecular complexity index is 131. The maximum Gasteiger partial charge on any atom is 0.0108 e. The van der Waals surface area contributed by atoms with Crippen molar-refractivity contribution in [2.75, 3.05) is 13.1 Å². The first-order valence-electron chi connectivity index (χ1n) is 5.14. The van der Waals surface area contributed by atoms with Gasteiger partial charge in [0.15, 0.2) is 0 Å². The normalized spacial score (nSPS) is 39.0. The fourth-order valence-electron chi connectivity index (χ4n) is 2.46. The van der Waals surface area contributed by atoms with Crippen LogP contribution in [-0.2, 0) is 0 Å². The molecule has 0 aliphatic carbocycles. The molecule has 2 heterocycles. The minimum absolute atomic E-state index is 0.992. The summed E-state index contributed by atoms with van der Waals surface area (Å²) in [5.74, 6) is 1.01. The van der Waals surface area contributed by atoms with Crippen molar-refractivity contribution in [3.8, 4) is 0 Å². The summed E-state index contributed by atoms with van der Waals surface area (Å²) in [6, 6.07) is 0.992. The lowest BCUT2D eigenvalue weighted by Gasteiger charge is -2.40. The van der Waals surface area contributed by atoms with Gasteiger partial charge in [-0.3, -0.25) is 0 Å². The molecule has 0 spiro atoms. The van der Waals surface area contributed by atoms with Crippen LogP contribution in [0.25, 0.3) is 0 Å². The summed E-state index contributed by atoms with van der Waals surface area (Å²) >= 11 is 0. The van der Waals surface area contributed by atoms with Gasteiger partial charge in [0.2, 0.25) is 0 Å². The van der Waals surface area contributed by atoms with Gasteiger partial charge in [0.25, 0.3) is 0 Å². The van der Waals surface area contributed by atoms with Crippen LogP contribution in [0.4, 0.5) is 0 Å². The van der Waals surface area contributed by atoms with Crippen LogP contribution in [0.2, 0.25) is 0 Å². The quantitative estimate of drug-likeness (QED) is 0.558. The molecule has 1 heteroatoms. The van der Waals surface area contributed by atoms with Gasteiger partial charge in [-0.25, -0.2) is 0 Å². The van der Waals surface area contributed by atoms with Crippen LogP contribution in [0.3, 0.4) is 0 Å². The predicted molar refractivity (Wildman–Crippen MR) is 47.6 cm³/mol. The molecule has 0 saturated carbocycles. The van der Waals surface area contributed by atoms with Crippen molar-refractivity contribution in [2.45, 2.75) is 45.1 Å². The molecule has 0 radical (unpaired) electrons. The van der Waals surface area contributed by atoms with Crippen LogP contribution in [-0.4, -0.2) is 24.0 Å². The van der Waals surface area contributed by atoms with Gasteiger partial charge < -0.3 is 4.90 Å². The van der Waals surface area contributed by atoms with E-state index in [1.165, 1.54) is 45.2 Å². The maximum atomic E-state index is 2.70. The van der Waals surface area contributed by atoms with Crippen LogP contribution in [0, 0.1) is 5.92 Å². The van der Waals surface area contributed by atoms with Crippen LogP contribution < -0.4 is 0 Å². The molecule has 11 heavy (non-hydrogen) atoms. The van der Waals surface area contributed by atoms with E-state index in [1.807, 2.05) is 0 Å². The van der Waals surface area contributed by atoms with Crippen molar-refractivity contribution < 1.29 is 0 Å². The molecular formula is C10H19N. The lowest BCUT2D eigenvalue weighted by Crippen LogP contribution is -2.48. The summed E-state index contributed by atoms with van der Waals surface area (Å²) < 4.78 is 0. The molecule has 2 unspecified atom stereocenters. The Balaban J connectivity index is 1.90. The average Bonchev–Trinajstić information content (AvgIpc) is 2.12. The second-order valence-electron chi connectivity index (χ2n) is 4.14. The molecule has 0 amide bonds. The van der Waals surface area contributed by atoms with Crippen molar-refractivity contribution in [2.24, 2.45) is 5.92 Å². The Morgan fingerprint density at radius 2 is 2.18 bits per heavy atom. The van der Waals surface area contributed by atoms with E-state index in [1.54, 1.807) is 0 Å². The largest absolute Gasteiger partial charge is 0.300 e. The smallest absolute Gasteiger partial charge is 0.0108 e. The summed E-state index contributed by atoms with van der Waals surface area (Å²) in [6.45, 7) is 5.13. The number of hydrogen-bond donors (Lipinski definition) is 0. The van der Waals surface area contributed by atoms with Crippen molar-refractivity contribution in [1.29, 1.82) is 0 Å². The highest BCUT2D eigenvalue weighted by Gasteiger charge is 2.31. The standard InChI is InChI=1S/C10H19N/c1-2-9-4-3-5-10-6-7-11(10)8-9/h9-10H,2-8H2,1H3. The SMILES string of the molecule is CCC1CCCC2CCN2C1. The molecule has 0 aromatic rings. The van der Waals surface area contributed by atoms with E-state index >= 15 is 0 Å². The Kier molecular flexibility index (Phi) is 2.17. The Morgan fingerprint density at radius 1 is 1.27 bits per heavy atom. The monoisotopic (exact) mass is 153 g/mol. The molecule has 1 nitrogen and oxygen atoms in total. The maximum absolute atomic E-state index is 2.70. The molecule has 2 saturated heterocycles. The van der Waals surface area contributed by atoms with E-state index in [0.717, 1.165) is 12.0 Å². The molecule has 0 bridgehead atoms. The second kappa shape index (κ2) is 3.14. The average molecular weight is 153 g/mol. The third-order valence-corrected chi connectivity index (χ3v) is 3.49. The van der Waals surface area contributed by atoms with Crippen LogP contribution >= 0.6 is 0 Å². The highest BCUT2D eigenvalue weighted by molar-refractivity contribution is 4.86. The van der Waals surface area contributed by atoms with E-state index in [0.29, 0.717) is 0 Å². The number of rotatable bonds is 1. The molecular weight excluding hydrogens is 134 g/mol. The van der Waals surface area contributed by atoms with Crippen LogP contribution in [0.5, 0.6) is 0 Å². The third-order valence-electron chi connectivity index (χ3n) is 3.49. The Labute approximate surface area is 69.8 Å². The van der Waals surface area contributed by atoms with E-state index in [9.17, 15) is 0 Å². The summed E-state index contributed by atoms with van der Waals surface area (Å²) in [6.07, 6.45) is 7.33. The summed E-state index contributed by atoms with van der Waals surface area (Å²) in [4.78, 5) is 2.70. The van der Waals surface area contributed by atoms with Gasteiger partial charge in [-0.05, 0) is 31.7 Å². The molecule has 2 atom stereocenters.